The zero-order valence-corrected chi connectivity index (χ0v) is 27.6. The molecule has 1 aliphatic heterocycles. The van der Waals surface area contributed by atoms with Crippen molar-refractivity contribution < 1.29 is 23.7 Å². The van der Waals surface area contributed by atoms with Gasteiger partial charge in [-0.2, -0.15) is 0 Å². The van der Waals surface area contributed by atoms with Crippen molar-refractivity contribution >= 4 is 68.6 Å². The van der Waals surface area contributed by atoms with Crippen LogP contribution < -0.4 is 29.1 Å². The van der Waals surface area contributed by atoms with Crippen LogP contribution in [0.3, 0.4) is 0 Å². The van der Waals surface area contributed by atoms with Crippen LogP contribution in [0, 0.1) is 7.14 Å². The molecule has 0 aliphatic carbocycles. The molecule has 0 radical (unpaired) electrons. The van der Waals surface area contributed by atoms with E-state index < -0.39 is 12.0 Å². The van der Waals surface area contributed by atoms with Crippen molar-refractivity contribution in [3.05, 3.63) is 92.2 Å². The van der Waals surface area contributed by atoms with E-state index >= 15 is 0 Å². The number of aromatic nitrogens is 1. The lowest BCUT2D eigenvalue weighted by Crippen LogP contribution is -2.40. The Hall–Kier alpha value is -2.65. The van der Waals surface area contributed by atoms with E-state index in [4.69, 9.17) is 18.9 Å². The smallest absolute Gasteiger partial charge is 0.338 e. The van der Waals surface area contributed by atoms with Gasteiger partial charge >= 0.3 is 5.97 Å². The molecule has 0 fully saturated rings. The first-order valence-corrected chi connectivity index (χ1v) is 15.4. The lowest BCUT2D eigenvalue weighted by molar-refractivity contribution is -0.139. The van der Waals surface area contributed by atoms with Crippen molar-refractivity contribution in [3.8, 4) is 17.2 Å². The van der Waals surface area contributed by atoms with Gasteiger partial charge in [-0.1, -0.05) is 30.1 Å². The lowest BCUT2D eigenvalue weighted by Gasteiger charge is -2.25. The summed E-state index contributed by atoms with van der Waals surface area (Å²) in [6.07, 6.45) is 3.54. The van der Waals surface area contributed by atoms with Gasteiger partial charge in [0, 0.05) is 0 Å². The van der Waals surface area contributed by atoms with E-state index in [2.05, 4.69) is 56.8 Å². The molecule has 8 nitrogen and oxygen atoms in total. The number of rotatable bonds is 10. The fourth-order valence-electron chi connectivity index (χ4n) is 4.33. The third kappa shape index (κ3) is 6.15. The first kappa shape index (κ1) is 30.3. The monoisotopic (exact) mass is 786 g/mol. The van der Waals surface area contributed by atoms with Gasteiger partial charge in [0.2, 0.25) is 0 Å². The zero-order chi connectivity index (χ0) is 29.0. The van der Waals surface area contributed by atoms with Crippen LogP contribution in [0.5, 0.6) is 17.2 Å². The van der Waals surface area contributed by atoms with E-state index in [0.717, 1.165) is 18.5 Å². The van der Waals surface area contributed by atoms with Gasteiger partial charge in [-0.3, -0.25) is 9.36 Å². The summed E-state index contributed by atoms with van der Waals surface area (Å²) >= 11 is 5.72. The maximum atomic E-state index is 14.0. The number of thiazole rings is 1. The summed E-state index contributed by atoms with van der Waals surface area (Å²) in [4.78, 5) is 32.3. The van der Waals surface area contributed by atoms with Crippen molar-refractivity contribution in [2.45, 2.75) is 26.8 Å². The highest BCUT2D eigenvalue weighted by Gasteiger charge is 2.34. The number of hydrogen-bond donors (Lipinski definition) is 0. The third-order valence-electron chi connectivity index (χ3n) is 5.98. The van der Waals surface area contributed by atoms with Gasteiger partial charge in [0.1, 0.15) is 12.4 Å². The molecule has 0 saturated heterocycles. The number of nitrogens with zero attached hydrogens (tertiary/aromatic N) is 2. The second-order valence-corrected chi connectivity index (χ2v) is 11.9. The normalized spacial score (nSPS) is 14.8. The largest absolute Gasteiger partial charge is 0.493 e. The van der Waals surface area contributed by atoms with E-state index in [9.17, 15) is 9.59 Å². The Balaban J connectivity index is 1.92. The maximum absolute atomic E-state index is 14.0. The molecule has 0 saturated carbocycles. The molecule has 0 N–H and O–H groups in total. The molecule has 0 bridgehead atoms. The van der Waals surface area contributed by atoms with Crippen LogP contribution in [-0.2, 0) is 9.53 Å². The van der Waals surface area contributed by atoms with E-state index in [0.29, 0.717) is 50.9 Å². The molecule has 0 spiro atoms. The molecule has 0 amide bonds. The highest BCUT2D eigenvalue weighted by Crippen LogP contribution is 2.36. The minimum atomic E-state index is -0.752. The molecule has 2 aromatic carbocycles. The molecule has 1 aliphatic rings. The van der Waals surface area contributed by atoms with E-state index in [-0.39, 0.29) is 12.2 Å². The predicted molar refractivity (Wildman–Crippen MR) is 172 cm³/mol. The van der Waals surface area contributed by atoms with Crippen molar-refractivity contribution in [2.24, 2.45) is 4.99 Å². The minimum absolute atomic E-state index is 0.198. The van der Waals surface area contributed by atoms with Crippen LogP contribution >= 0.6 is 56.5 Å². The second-order valence-electron chi connectivity index (χ2n) is 8.56. The molecule has 2 heterocycles. The molecular weight excluding hydrogens is 758 g/mol. The Morgan fingerprint density at radius 3 is 2.48 bits per heavy atom. The number of methoxy groups -OCH3 is 1. The van der Waals surface area contributed by atoms with Crippen molar-refractivity contribution in [2.75, 3.05) is 26.9 Å². The average Bonchev–Trinajstić information content (AvgIpc) is 3.21. The molecule has 1 atom stereocenters. The lowest BCUT2D eigenvalue weighted by atomic mass is 9.95. The van der Waals surface area contributed by atoms with Crippen LogP contribution in [0.15, 0.2) is 64.0 Å². The number of fused-ring (bicyclic) bond motifs is 1. The SMILES string of the molecule is C=CCOc1c(I)cc(/C=c2\sc3n(c2=O)[C@H](c2ccc(OC)c(OCC)c2)C(C(=O)OCC)=C(C)N=3)cc1I. The van der Waals surface area contributed by atoms with Crippen molar-refractivity contribution in [1.82, 2.24) is 4.57 Å². The van der Waals surface area contributed by atoms with Gasteiger partial charge in [0.25, 0.3) is 5.56 Å². The van der Waals surface area contributed by atoms with Crippen LogP contribution in [0.25, 0.3) is 6.08 Å². The van der Waals surface area contributed by atoms with Gasteiger partial charge in [0.15, 0.2) is 16.3 Å². The summed E-state index contributed by atoms with van der Waals surface area (Å²) in [5.41, 5.74) is 2.08. The standard InChI is InChI=1S/C29H28I2N2O6S/c1-6-11-39-26-19(30)12-17(13-20(26)31)14-23-27(34)33-25(18-9-10-21(36-5)22(15-18)37-7-2)24(28(35)38-8-3)16(4)32-29(33)40-23/h6,9-10,12-15,25H,1,7-8,11H2,2-5H3/b23-14-/t25-/m1/s1. The van der Waals surface area contributed by atoms with Crippen LogP contribution in [0.1, 0.15) is 37.9 Å². The molecule has 4 rings (SSSR count). The molecule has 3 aromatic rings. The van der Waals surface area contributed by atoms with Gasteiger partial charge < -0.3 is 18.9 Å². The van der Waals surface area contributed by atoms with Gasteiger partial charge in [0.05, 0.1) is 49.3 Å². The van der Waals surface area contributed by atoms with Crippen molar-refractivity contribution in [1.29, 1.82) is 0 Å². The number of ether oxygens (including phenoxy) is 4. The molecule has 0 unspecified atom stereocenters. The maximum Gasteiger partial charge on any atom is 0.338 e. The first-order chi connectivity index (χ1) is 19.2. The fourth-order valence-corrected chi connectivity index (χ4v) is 7.51. The summed E-state index contributed by atoms with van der Waals surface area (Å²) in [5, 5.41) is 0. The summed E-state index contributed by atoms with van der Waals surface area (Å²) in [6, 6.07) is 8.57. The predicted octanol–water partition coefficient (Wildman–Crippen LogP) is 4.98. The van der Waals surface area contributed by atoms with Gasteiger partial charge in [-0.15, -0.1) is 0 Å². The summed E-state index contributed by atoms with van der Waals surface area (Å²) in [6.45, 7) is 10.1. The Labute approximate surface area is 263 Å². The van der Waals surface area contributed by atoms with E-state index in [1.807, 2.05) is 31.2 Å². The number of carbonyl (C=O) groups is 1. The number of benzene rings is 2. The Morgan fingerprint density at radius 1 is 1.12 bits per heavy atom. The molecule has 1 aromatic heterocycles. The summed E-state index contributed by atoms with van der Waals surface area (Å²) in [5.74, 6) is 1.33. The molecular formula is C29H28I2N2O6S. The van der Waals surface area contributed by atoms with Crippen LogP contribution in [0.4, 0.5) is 0 Å². The first-order valence-electron chi connectivity index (χ1n) is 12.5. The highest BCUT2D eigenvalue weighted by molar-refractivity contribution is 14.1. The van der Waals surface area contributed by atoms with Crippen LogP contribution in [-0.4, -0.2) is 37.5 Å². The Kier molecular flexibility index (Phi) is 10.1. The number of halogens is 2. The zero-order valence-electron chi connectivity index (χ0n) is 22.5. The summed E-state index contributed by atoms with van der Waals surface area (Å²) < 4.78 is 26.3. The Morgan fingerprint density at radius 2 is 1.85 bits per heavy atom. The highest BCUT2D eigenvalue weighted by atomic mass is 127. The number of allylic oxidation sites excluding steroid dienone is 1. The van der Waals surface area contributed by atoms with E-state index in [1.54, 1.807) is 43.7 Å². The second kappa shape index (κ2) is 13.3. The quantitative estimate of drug-likeness (QED) is 0.164. The molecule has 11 heteroatoms. The topological polar surface area (TPSA) is 88.3 Å². The van der Waals surface area contributed by atoms with Gasteiger partial charge in [-0.05, 0) is 107 Å². The summed E-state index contributed by atoms with van der Waals surface area (Å²) in [7, 11) is 1.56. The number of hydrogen-bond acceptors (Lipinski definition) is 8. The third-order valence-corrected chi connectivity index (χ3v) is 8.57. The van der Waals surface area contributed by atoms with Gasteiger partial charge in [-0.25, -0.2) is 9.79 Å². The number of esters is 1. The minimum Gasteiger partial charge on any atom is -0.493 e. The number of carbonyl (C=O) groups excluding carboxylic acids is 1. The van der Waals surface area contributed by atoms with Crippen molar-refractivity contribution in [3.63, 3.8) is 0 Å². The van der Waals surface area contributed by atoms with Crippen LogP contribution in [0.2, 0.25) is 0 Å². The molecule has 40 heavy (non-hydrogen) atoms. The van der Waals surface area contributed by atoms with E-state index in [1.165, 1.54) is 11.3 Å². The fraction of sp³-hybridized carbons (Fsp3) is 0.276. The Bertz CT molecular complexity index is 1650. The average molecular weight is 786 g/mol. The molecule has 210 valence electrons.